The molecule has 1 aliphatic carbocycles. The van der Waals surface area contributed by atoms with E-state index >= 15 is 0 Å². The molecule has 1 amide bonds. The minimum absolute atomic E-state index is 0.0745. The molecule has 0 aromatic heterocycles. The highest BCUT2D eigenvalue weighted by molar-refractivity contribution is 5.96. The lowest BCUT2D eigenvalue weighted by Gasteiger charge is -2.09. The van der Waals surface area contributed by atoms with E-state index in [1.165, 1.54) is 6.07 Å². The molecule has 0 aliphatic heterocycles. The van der Waals surface area contributed by atoms with E-state index in [9.17, 15) is 14.9 Å². The van der Waals surface area contributed by atoms with E-state index in [1.807, 2.05) is 6.92 Å². The molecule has 1 fully saturated rings. The van der Waals surface area contributed by atoms with E-state index in [2.05, 4.69) is 24.5 Å². The lowest BCUT2D eigenvalue weighted by Crippen LogP contribution is -2.28. The van der Waals surface area contributed by atoms with Crippen molar-refractivity contribution in [3.8, 4) is 0 Å². The molecule has 108 valence electrons. The Hall–Kier alpha value is -2.11. The number of nitro benzene ring substituents is 1. The first kappa shape index (κ1) is 14.3. The molecule has 1 aromatic carbocycles. The van der Waals surface area contributed by atoms with Gasteiger partial charge in [-0.2, -0.15) is 0 Å². The summed E-state index contributed by atoms with van der Waals surface area (Å²) in [7, 11) is 0. The first-order chi connectivity index (χ1) is 9.35. The summed E-state index contributed by atoms with van der Waals surface area (Å²) in [4.78, 5) is 22.6. The molecular weight excluding hydrogens is 258 g/mol. The molecule has 1 aromatic rings. The van der Waals surface area contributed by atoms with Crippen LogP contribution in [0.25, 0.3) is 0 Å². The molecule has 1 aliphatic rings. The van der Waals surface area contributed by atoms with Gasteiger partial charge in [-0.3, -0.25) is 14.9 Å². The summed E-state index contributed by atoms with van der Waals surface area (Å²) in [6.45, 7) is 6.60. The molecule has 0 radical (unpaired) electrons. The third-order valence-corrected chi connectivity index (χ3v) is 3.64. The number of rotatable bonds is 5. The number of nitrogens with one attached hydrogen (secondary N) is 2. The fourth-order valence-corrected chi connectivity index (χ4v) is 2.12. The van der Waals surface area contributed by atoms with Gasteiger partial charge in [0.25, 0.3) is 11.6 Å². The van der Waals surface area contributed by atoms with E-state index in [4.69, 9.17) is 0 Å². The Bertz CT molecular complexity index is 555. The minimum atomic E-state index is -0.476. The van der Waals surface area contributed by atoms with Crippen LogP contribution in [0.3, 0.4) is 0 Å². The second-order valence-electron chi connectivity index (χ2n) is 5.74. The predicted molar refractivity (Wildman–Crippen MR) is 76.9 cm³/mol. The van der Waals surface area contributed by atoms with Crippen molar-refractivity contribution >= 4 is 17.3 Å². The van der Waals surface area contributed by atoms with Gasteiger partial charge in [0.2, 0.25) is 0 Å². The smallest absolute Gasteiger partial charge is 0.293 e. The van der Waals surface area contributed by atoms with E-state index in [0.29, 0.717) is 17.8 Å². The number of amides is 1. The van der Waals surface area contributed by atoms with Crippen LogP contribution in [0.15, 0.2) is 18.2 Å². The monoisotopic (exact) mass is 277 g/mol. The van der Waals surface area contributed by atoms with Crippen LogP contribution in [0, 0.1) is 15.5 Å². The van der Waals surface area contributed by atoms with Crippen molar-refractivity contribution in [2.24, 2.45) is 5.41 Å². The van der Waals surface area contributed by atoms with Gasteiger partial charge in [-0.05, 0) is 30.9 Å². The Labute approximate surface area is 117 Å². The van der Waals surface area contributed by atoms with E-state index in [0.717, 1.165) is 6.42 Å². The van der Waals surface area contributed by atoms with Crippen LogP contribution in [-0.2, 0) is 0 Å². The molecule has 0 bridgehead atoms. The zero-order chi connectivity index (χ0) is 14.9. The lowest BCUT2D eigenvalue weighted by molar-refractivity contribution is -0.384. The van der Waals surface area contributed by atoms with Crippen LogP contribution in [0.2, 0.25) is 0 Å². The Kier molecular flexibility index (Phi) is 3.65. The highest BCUT2D eigenvalue weighted by Crippen LogP contribution is 2.44. The van der Waals surface area contributed by atoms with Gasteiger partial charge in [0.05, 0.1) is 4.92 Å². The number of anilines is 1. The van der Waals surface area contributed by atoms with Crippen molar-refractivity contribution in [2.75, 3.05) is 11.9 Å². The molecule has 2 N–H and O–H groups in total. The number of hydrogen-bond donors (Lipinski definition) is 2. The van der Waals surface area contributed by atoms with Gasteiger partial charge in [-0.15, -0.1) is 0 Å². The van der Waals surface area contributed by atoms with Crippen molar-refractivity contribution in [1.82, 2.24) is 5.32 Å². The average molecular weight is 277 g/mol. The molecule has 1 unspecified atom stereocenters. The van der Waals surface area contributed by atoms with Crippen LogP contribution < -0.4 is 10.6 Å². The summed E-state index contributed by atoms with van der Waals surface area (Å²) >= 11 is 0. The molecule has 0 saturated heterocycles. The van der Waals surface area contributed by atoms with E-state index < -0.39 is 4.92 Å². The van der Waals surface area contributed by atoms with Crippen LogP contribution in [0.4, 0.5) is 11.4 Å². The highest BCUT2D eigenvalue weighted by atomic mass is 16.6. The summed E-state index contributed by atoms with van der Waals surface area (Å²) in [5, 5.41) is 16.9. The van der Waals surface area contributed by atoms with Crippen molar-refractivity contribution in [3.63, 3.8) is 0 Å². The number of benzene rings is 1. The highest BCUT2D eigenvalue weighted by Gasteiger charge is 2.46. The summed E-state index contributed by atoms with van der Waals surface area (Å²) < 4.78 is 0. The third kappa shape index (κ3) is 2.89. The van der Waals surface area contributed by atoms with Crippen molar-refractivity contribution in [1.29, 1.82) is 0 Å². The summed E-state index contributed by atoms with van der Waals surface area (Å²) in [6.07, 6.45) is 0.941. The Morgan fingerprint density at radius 3 is 2.65 bits per heavy atom. The van der Waals surface area contributed by atoms with Crippen LogP contribution >= 0.6 is 0 Å². The Morgan fingerprint density at radius 2 is 2.15 bits per heavy atom. The topological polar surface area (TPSA) is 84.3 Å². The number of carbonyl (C=O) groups is 1. The molecule has 20 heavy (non-hydrogen) atoms. The minimum Gasteiger partial charge on any atom is -0.380 e. The largest absolute Gasteiger partial charge is 0.380 e. The van der Waals surface area contributed by atoms with Gasteiger partial charge in [-0.1, -0.05) is 13.8 Å². The van der Waals surface area contributed by atoms with Gasteiger partial charge >= 0.3 is 0 Å². The standard InChI is InChI=1S/C14H19N3O3/c1-4-15-10-6-5-9(7-11(10)17(19)20)13(18)16-12-8-14(12,2)3/h5-7,12,15H,4,8H2,1-3H3,(H,16,18). The third-order valence-electron chi connectivity index (χ3n) is 3.64. The molecule has 0 spiro atoms. The fraction of sp³-hybridized carbons (Fsp3) is 0.500. The van der Waals surface area contributed by atoms with Crippen LogP contribution in [0.1, 0.15) is 37.6 Å². The molecule has 0 heterocycles. The quantitative estimate of drug-likeness (QED) is 0.640. The van der Waals surface area contributed by atoms with Gasteiger partial charge in [-0.25, -0.2) is 0 Å². The predicted octanol–water partition coefficient (Wildman–Crippen LogP) is 2.55. The summed E-state index contributed by atoms with van der Waals surface area (Å²) in [6, 6.07) is 4.66. The molecule has 1 saturated carbocycles. The number of nitro groups is 1. The lowest BCUT2D eigenvalue weighted by atomic mass is 10.1. The second-order valence-corrected chi connectivity index (χ2v) is 5.74. The Morgan fingerprint density at radius 1 is 1.50 bits per heavy atom. The maximum absolute atomic E-state index is 12.1. The van der Waals surface area contributed by atoms with Crippen LogP contribution in [-0.4, -0.2) is 23.4 Å². The van der Waals surface area contributed by atoms with Gasteiger partial charge in [0.1, 0.15) is 5.69 Å². The normalized spacial score (nSPS) is 19.2. The fourth-order valence-electron chi connectivity index (χ4n) is 2.12. The summed E-state index contributed by atoms with van der Waals surface area (Å²) in [5.74, 6) is -0.258. The van der Waals surface area contributed by atoms with Crippen molar-refractivity contribution in [2.45, 2.75) is 33.2 Å². The van der Waals surface area contributed by atoms with E-state index in [-0.39, 0.29) is 23.1 Å². The first-order valence-corrected chi connectivity index (χ1v) is 6.68. The first-order valence-electron chi connectivity index (χ1n) is 6.68. The molecule has 6 heteroatoms. The van der Waals surface area contributed by atoms with Gasteiger partial charge in [0, 0.05) is 24.2 Å². The van der Waals surface area contributed by atoms with Crippen molar-refractivity contribution in [3.05, 3.63) is 33.9 Å². The van der Waals surface area contributed by atoms with Gasteiger partial charge in [0.15, 0.2) is 0 Å². The number of hydrogen-bond acceptors (Lipinski definition) is 4. The Balaban J connectivity index is 2.18. The molecule has 1 atom stereocenters. The zero-order valence-corrected chi connectivity index (χ0v) is 11.9. The second kappa shape index (κ2) is 5.11. The number of carbonyl (C=O) groups excluding carboxylic acids is 1. The van der Waals surface area contributed by atoms with Crippen molar-refractivity contribution < 1.29 is 9.72 Å². The average Bonchev–Trinajstić information content (AvgIpc) is 2.96. The molecule has 6 nitrogen and oxygen atoms in total. The zero-order valence-electron chi connectivity index (χ0n) is 11.9. The maximum atomic E-state index is 12.1. The maximum Gasteiger partial charge on any atom is 0.293 e. The summed E-state index contributed by atoms with van der Waals surface area (Å²) in [5.41, 5.74) is 0.807. The van der Waals surface area contributed by atoms with E-state index in [1.54, 1.807) is 12.1 Å². The van der Waals surface area contributed by atoms with Gasteiger partial charge < -0.3 is 10.6 Å². The SMILES string of the molecule is CCNc1ccc(C(=O)NC2CC2(C)C)cc1[N+](=O)[O-]. The molecule has 2 rings (SSSR count). The van der Waals surface area contributed by atoms with Crippen LogP contribution in [0.5, 0.6) is 0 Å². The number of nitrogens with zero attached hydrogens (tertiary/aromatic N) is 1. The molecular formula is C14H19N3O3.